The summed E-state index contributed by atoms with van der Waals surface area (Å²) in [7, 11) is 0. The van der Waals surface area contributed by atoms with Crippen molar-refractivity contribution in [3.8, 4) is 5.75 Å². The van der Waals surface area contributed by atoms with E-state index in [-0.39, 0.29) is 5.75 Å². The van der Waals surface area contributed by atoms with Gasteiger partial charge in [0.05, 0.1) is 6.04 Å². The molecule has 0 radical (unpaired) electrons. The molecular formula is C23H26F3N3O. The van der Waals surface area contributed by atoms with E-state index >= 15 is 0 Å². The molecule has 160 valence electrons. The van der Waals surface area contributed by atoms with E-state index < -0.39 is 6.36 Å². The predicted octanol–water partition coefficient (Wildman–Crippen LogP) is 4.81. The van der Waals surface area contributed by atoms with Gasteiger partial charge in [-0.15, -0.1) is 13.2 Å². The quantitative estimate of drug-likeness (QED) is 0.711. The zero-order chi connectivity index (χ0) is 21.3. The summed E-state index contributed by atoms with van der Waals surface area (Å²) in [6.07, 6.45) is -3.61. The molecule has 2 aromatic rings. The smallest absolute Gasteiger partial charge is 0.406 e. The summed E-state index contributed by atoms with van der Waals surface area (Å²) < 4.78 is 40.9. The highest BCUT2D eigenvalue weighted by atomic mass is 19.4. The minimum atomic E-state index is -4.66. The van der Waals surface area contributed by atoms with Crippen molar-refractivity contribution in [3.05, 3.63) is 66.4 Å². The molecule has 2 saturated heterocycles. The number of benzene rings is 2. The van der Waals surface area contributed by atoms with Crippen LogP contribution >= 0.6 is 0 Å². The molecule has 0 amide bonds. The van der Waals surface area contributed by atoms with Gasteiger partial charge in [-0.25, -0.2) is 0 Å². The van der Waals surface area contributed by atoms with Gasteiger partial charge >= 0.3 is 6.36 Å². The maximum Gasteiger partial charge on any atom is 0.573 e. The van der Waals surface area contributed by atoms with Gasteiger partial charge < -0.3 is 14.5 Å². The Bertz CT molecular complexity index is 872. The van der Waals surface area contributed by atoms with E-state index in [4.69, 9.17) is 0 Å². The van der Waals surface area contributed by atoms with Crippen LogP contribution in [0.5, 0.6) is 5.75 Å². The molecule has 30 heavy (non-hydrogen) atoms. The molecule has 4 nitrogen and oxygen atoms in total. The fourth-order valence-corrected chi connectivity index (χ4v) is 4.30. The molecule has 2 heterocycles. The number of anilines is 2. The van der Waals surface area contributed by atoms with Crippen LogP contribution in [0, 0.1) is 6.92 Å². The second kappa shape index (κ2) is 8.22. The maximum absolute atomic E-state index is 12.3. The summed E-state index contributed by atoms with van der Waals surface area (Å²) in [5, 5.41) is 0. The average Bonchev–Trinajstić information content (AvgIpc) is 3.09. The first kappa shape index (κ1) is 20.6. The first-order chi connectivity index (χ1) is 14.3. The predicted molar refractivity (Wildman–Crippen MR) is 113 cm³/mol. The van der Waals surface area contributed by atoms with Gasteiger partial charge in [0, 0.05) is 49.8 Å². The van der Waals surface area contributed by atoms with Crippen molar-refractivity contribution < 1.29 is 17.9 Å². The lowest BCUT2D eigenvalue weighted by Gasteiger charge is -2.39. The van der Waals surface area contributed by atoms with Crippen molar-refractivity contribution in [3.63, 3.8) is 0 Å². The summed E-state index contributed by atoms with van der Waals surface area (Å²) in [5.74, 6) is -0.191. The van der Waals surface area contributed by atoms with Gasteiger partial charge in [-0.1, -0.05) is 24.3 Å². The van der Waals surface area contributed by atoms with E-state index in [1.165, 1.54) is 23.4 Å². The molecule has 0 spiro atoms. The molecule has 0 aliphatic carbocycles. The normalized spacial score (nSPS) is 20.7. The molecule has 2 aliphatic heterocycles. The standard InChI is InChI=1S/C23H26F3N3O/c1-17-3-5-20(6-4-17)29-12-11-22(18(29)2)28-15-13-27(14-16-28)19-7-9-21(10-8-19)30-23(24,25)26/h3-10,22H,2,11-16H2,1H3. The van der Waals surface area contributed by atoms with Crippen LogP contribution in [-0.2, 0) is 0 Å². The molecule has 0 N–H and O–H groups in total. The Morgan fingerprint density at radius 3 is 2.07 bits per heavy atom. The van der Waals surface area contributed by atoms with Crippen LogP contribution in [0.4, 0.5) is 24.5 Å². The average molecular weight is 417 g/mol. The first-order valence-electron chi connectivity index (χ1n) is 10.2. The molecule has 2 aromatic carbocycles. The third-order valence-electron chi connectivity index (χ3n) is 5.89. The number of hydrogen-bond donors (Lipinski definition) is 0. The van der Waals surface area contributed by atoms with Crippen molar-refractivity contribution in [1.82, 2.24) is 4.90 Å². The molecule has 1 unspecified atom stereocenters. The van der Waals surface area contributed by atoms with Gasteiger partial charge in [0.25, 0.3) is 0 Å². The largest absolute Gasteiger partial charge is 0.573 e. The zero-order valence-electron chi connectivity index (χ0n) is 17.0. The van der Waals surface area contributed by atoms with E-state index in [1.54, 1.807) is 12.1 Å². The fraction of sp³-hybridized carbons (Fsp3) is 0.391. The maximum atomic E-state index is 12.3. The third kappa shape index (κ3) is 4.56. The number of rotatable bonds is 4. The second-order valence-corrected chi connectivity index (χ2v) is 7.85. The molecule has 2 fully saturated rings. The minimum absolute atomic E-state index is 0.191. The Hall–Kier alpha value is -2.67. The van der Waals surface area contributed by atoms with Crippen molar-refractivity contribution in [1.29, 1.82) is 0 Å². The monoisotopic (exact) mass is 417 g/mol. The number of ether oxygens (including phenoxy) is 1. The van der Waals surface area contributed by atoms with E-state index in [1.807, 2.05) is 0 Å². The summed E-state index contributed by atoms with van der Waals surface area (Å²) in [5.41, 5.74) is 4.48. The molecule has 1 atom stereocenters. The van der Waals surface area contributed by atoms with E-state index in [0.717, 1.165) is 50.5 Å². The highest BCUT2D eigenvalue weighted by molar-refractivity contribution is 5.55. The molecule has 4 rings (SSSR count). The van der Waals surface area contributed by atoms with Crippen LogP contribution < -0.4 is 14.5 Å². The number of aryl methyl sites for hydroxylation is 1. The summed E-state index contributed by atoms with van der Waals surface area (Å²) in [6, 6.07) is 15.0. The van der Waals surface area contributed by atoms with Crippen LogP contribution in [0.2, 0.25) is 0 Å². The number of halogens is 3. The second-order valence-electron chi connectivity index (χ2n) is 7.85. The lowest BCUT2D eigenvalue weighted by molar-refractivity contribution is -0.274. The van der Waals surface area contributed by atoms with E-state index in [9.17, 15) is 13.2 Å². The lowest BCUT2D eigenvalue weighted by Crippen LogP contribution is -2.50. The topological polar surface area (TPSA) is 19.0 Å². The molecular weight excluding hydrogens is 391 g/mol. The van der Waals surface area contributed by atoms with Crippen LogP contribution in [0.1, 0.15) is 12.0 Å². The molecule has 0 bridgehead atoms. The lowest BCUT2D eigenvalue weighted by atomic mass is 10.1. The Labute approximate surface area is 175 Å². The Balaban J connectivity index is 1.33. The third-order valence-corrected chi connectivity index (χ3v) is 5.89. The molecule has 7 heteroatoms. The first-order valence-corrected chi connectivity index (χ1v) is 10.2. The number of nitrogens with zero attached hydrogens (tertiary/aromatic N) is 3. The van der Waals surface area contributed by atoms with Gasteiger partial charge in [0.15, 0.2) is 0 Å². The van der Waals surface area contributed by atoms with Crippen LogP contribution in [0.3, 0.4) is 0 Å². The van der Waals surface area contributed by atoms with Crippen molar-refractivity contribution >= 4 is 11.4 Å². The highest BCUT2D eigenvalue weighted by Gasteiger charge is 2.34. The molecule has 2 aliphatic rings. The van der Waals surface area contributed by atoms with Crippen LogP contribution in [0.15, 0.2) is 60.8 Å². The van der Waals surface area contributed by atoms with E-state index in [0.29, 0.717) is 6.04 Å². The summed E-state index contributed by atoms with van der Waals surface area (Å²) >= 11 is 0. The molecule has 0 saturated carbocycles. The fourth-order valence-electron chi connectivity index (χ4n) is 4.30. The summed E-state index contributed by atoms with van der Waals surface area (Å²) in [6.45, 7) is 10.9. The number of hydrogen-bond acceptors (Lipinski definition) is 4. The molecule has 0 aromatic heterocycles. The van der Waals surface area contributed by atoms with Gasteiger partial charge in [0.2, 0.25) is 0 Å². The Kier molecular flexibility index (Phi) is 5.64. The van der Waals surface area contributed by atoms with Gasteiger partial charge in [-0.05, 0) is 49.7 Å². The van der Waals surface area contributed by atoms with Crippen molar-refractivity contribution in [2.24, 2.45) is 0 Å². The van der Waals surface area contributed by atoms with Gasteiger partial charge in [-0.2, -0.15) is 0 Å². The number of piperazine rings is 1. The SMILES string of the molecule is C=C1C(N2CCN(c3ccc(OC(F)(F)F)cc3)CC2)CCN1c1ccc(C)cc1. The number of alkyl halides is 3. The van der Waals surface area contributed by atoms with Crippen LogP contribution in [-0.4, -0.2) is 50.0 Å². The Morgan fingerprint density at radius 2 is 1.47 bits per heavy atom. The zero-order valence-corrected chi connectivity index (χ0v) is 17.0. The van der Waals surface area contributed by atoms with Crippen molar-refractivity contribution in [2.45, 2.75) is 25.7 Å². The minimum Gasteiger partial charge on any atom is -0.406 e. The van der Waals surface area contributed by atoms with Crippen molar-refractivity contribution in [2.75, 3.05) is 42.5 Å². The van der Waals surface area contributed by atoms with E-state index in [2.05, 4.69) is 57.2 Å². The Morgan fingerprint density at radius 1 is 0.867 bits per heavy atom. The van der Waals surface area contributed by atoms with Gasteiger partial charge in [-0.3, -0.25) is 4.90 Å². The highest BCUT2D eigenvalue weighted by Crippen LogP contribution is 2.32. The van der Waals surface area contributed by atoms with Crippen LogP contribution in [0.25, 0.3) is 0 Å². The van der Waals surface area contributed by atoms with Gasteiger partial charge in [0.1, 0.15) is 5.75 Å². The summed E-state index contributed by atoms with van der Waals surface area (Å²) in [4.78, 5) is 6.97.